The predicted octanol–water partition coefficient (Wildman–Crippen LogP) is 4.37. The summed E-state index contributed by atoms with van der Waals surface area (Å²) in [5.41, 5.74) is 1.56. The molecule has 0 aliphatic heterocycles. The van der Waals surface area contributed by atoms with E-state index in [4.69, 9.17) is 0 Å². The van der Waals surface area contributed by atoms with E-state index < -0.39 is 9.84 Å². The van der Waals surface area contributed by atoms with E-state index in [0.717, 1.165) is 44.3 Å². The molecular weight excluding hydrogens is 386 g/mol. The lowest BCUT2D eigenvalue weighted by molar-refractivity contribution is 0.222. The summed E-state index contributed by atoms with van der Waals surface area (Å²) in [6.07, 6.45) is 4.17. The van der Waals surface area contributed by atoms with Crippen LogP contribution in [0.15, 0.2) is 59.5 Å². The Labute approximate surface area is 173 Å². The fraction of sp³-hybridized carbons (Fsp3) is 0.409. The average molecular weight is 416 g/mol. The number of urea groups is 1. The van der Waals surface area contributed by atoms with Crippen LogP contribution in [-0.4, -0.2) is 44.7 Å². The van der Waals surface area contributed by atoms with E-state index in [9.17, 15) is 13.2 Å². The number of rotatable bonds is 8. The molecule has 0 unspecified atom stereocenters. The van der Waals surface area contributed by atoms with Gasteiger partial charge in [0.05, 0.1) is 10.1 Å². The van der Waals surface area contributed by atoms with Gasteiger partial charge in [-0.2, -0.15) is 0 Å². The van der Waals surface area contributed by atoms with Crippen LogP contribution < -0.4 is 10.6 Å². The van der Waals surface area contributed by atoms with E-state index in [1.165, 1.54) is 0 Å². The summed E-state index contributed by atoms with van der Waals surface area (Å²) in [7, 11) is -1.60. The number of nitrogens with one attached hydrogen (secondary N) is 2. The van der Waals surface area contributed by atoms with Gasteiger partial charge in [0.15, 0.2) is 9.84 Å². The minimum absolute atomic E-state index is 0.250. The summed E-state index contributed by atoms with van der Waals surface area (Å²) in [6.45, 7) is 1.35. The van der Waals surface area contributed by atoms with Crippen molar-refractivity contribution in [3.05, 3.63) is 54.6 Å². The molecule has 3 rings (SSSR count). The normalized spacial score (nSPS) is 14.5. The molecule has 1 saturated carbocycles. The molecule has 6 nitrogen and oxygen atoms in total. The van der Waals surface area contributed by atoms with Gasteiger partial charge in [-0.3, -0.25) is 0 Å². The van der Waals surface area contributed by atoms with E-state index in [-0.39, 0.29) is 16.2 Å². The molecule has 2 N–H and O–H groups in total. The molecule has 0 atom stereocenters. The van der Waals surface area contributed by atoms with Gasteiger partial charge >= 0.3 is 6.03 Å². The SMILES string of the molecule is CN(CCCNc1ccccc1)C(=O)Nc1cccc(S(=O)(=O)C2CCCC2)c1. The number of hydrogen-bond acceptors (Lipinski definition) is 4. The van der Waals surface area contributed by atoms with Crippen molar-refractivity contribution in [2.75, 3.05) is 30.8 Å². The van der Waals surface area contributed by atoms with Crippen molar-refractivity contribution < 1.29 is 13.2 Å². The lowest BCUT2D eigenvalue weighted by Crippen LogP contribution is -2.33. The van der Waals surface area contributed by atoms with Gasteiger partial charge in [0, 0.05) is 31.5 Å². The Morgan fingerprint density at radius 1 is 1.03 bits per heavy atom. The maximum absolute atomic E-state index is 12.8. The van der Waals surface area contributed by atoms with Crippen molar-refractivity contribution in [1.82, 2.24) is 4.90 Å². The monoisotopic (exact) mass is 415 g/mol. The Morgan fingerprint density at radius 3 is 2.45 bits per heavy atom. The number of benzene rings is 2. The Morgan fingerprint density at radius 2 is 1.72 bits per heavy atom. The third kappa shape index (κ3) is 5.73. The second-order valence-electron chi connectivity index (χ2n) is 7.48. The van der Waals surface area contributed by atoms with Crippen molar-refractivity contribution in [2.45, 2.75) is 42.2 Å². The van der Waals surface area contributed by atoms with Crippen LogP contribution in [0, 0.1) is 0 Å². The second-order valence-corrected chi connectivity index (χ2v) is 9.71. The van der Waals surface area contributed by atoms with E-state index in [2.05, 4.69) is 10.6 Å². The van der Waals surface area contributed by atoms with E-state index in [1.807, 2.05) is 30.3 Å². The first kappa shape index (κ1) is 21.2. The van der Waals surface area contributed by atoms with Crippen LogP contribution in [0.3, 0.4) is 0 Å². The van der Waals surface area contributed by atoms with Crippen LogP contribution in [-0.2, 0) is 9.84 Å². The lowest BCUT2D eigenvalue weighted by atomic mass is 10.3. The molecule has 7 heteroatoms. The molecule has 0 bridgehead atoms. The Hall–Kier alpha value is -2.54. The number of nitrogens with zero attached hydrogens (tertiary/aromatic N) is 1. The second kappa shape index (κ2) is 9.78. The Balaban J connectivity index is 1.50. The number of hydrogen-bond donors (Lipinski definition) is 2. The summed E-state index contributed by atoms with van der Waals surface area (Å²) in [4.78, 5) is 14.3. The summed E-state index contributed by atoms with van der Waals surface area (Å²) in [6, 6.07) is 16.3. The van der Waals surface area contributed by atoms with Crippen molar-refractivity contribution in [2.24, 2.45) is 0 Å². The Bertz CT molecular complexity index is 910. The highest BCUT2D eigenvalue weighted by Crippen LogP contribution is 2.30. The third-order valence-corrected chi connectivity index (χ3v) is 7.53. The van der Waals surface area contributed by atoms with Crippen molar-refractivity contribution in [1.29, 1.82) is 0 Å². The van der Waals surface area contributed by atoms with Crippen LogP contribution in [0.4, 0.5) is 16.2 Å². The van der Waals surface area contributed by atoms with Gasteiger partial charge in [0.2, 0.25) is 0 Å². The predicted molar refractivity (Wildman–Crippen MR) is 117 cm³/mol. The minimum Gasteiger partial charge on any atom is -0.385 e. The molecule has 156 valence electrons. The first-order chi connectivity index (χ1) is 14.0. The molecule has 1 aliphatic rings. The van der Waals surface area contributed by atoms with Crippen molar-refractivity contribution in [3.8, 4) is 0 Å². The summed E-state index contributed by atoms with van der Waals surface area (Å²) in [5, 5.41) is 5.82. The highest BCUT2D eigenvalue weighted by atomic mass is 32.2. The molecule has 0 heterocycles. The zero-order chi connectivity index (χ0) is 20.7. The maximum atomic E-state index is 12.8. The van der Waals surface area contributed by atoms with Crippen LogP contribution in [0.5, 0.6) is 0 Å². The first-order valence-electron chi connectivity index (χ1n) is 10.1. The standard InChI is InChI=1S/C22H29N3O3S/c1-25(16-8-15-23-18-9-3-2-4-10-18)22(26)24-19-11-7-14-21(17-19)29(27,28)20-12-5-6-13-20/h2-4,7,9-11,14,17,20,23H,5-6,8,12-13,15-16H2,1H3,(H,24,26). The Kier molecular flexibility index (Phi) is 7.14. The zero-order valence-corrected chi connectivity index (χ0v) is 17.6. The number of carbonyl (C=O) groups is 1. The molecule has 0 spiro atoms. The molecular formula is C22H29N3O3S. The van der Waals surface area contributed by atoms with Crippen LogP contribution in [0.2, 0.25) is 0 Å². The molecule has 2 aromatic rings. The topological polar surface area (TPSA) is 78.5 Å². The zero-order valence-electron chi connectivity index (χ0n) is 16.8. The van der Waals surface area contributed by atoms with Crippen LogP contribution in [0.25, 0.3) is 0 Å². The molecule has 0 aromatic heterocycles. The fourth-order valence-corrected chi connectivity index (χ4v) is 5.47. The van der Waals surface area contributed by atoms with E-state index in [1.54, 1.807) is 36.2 Å². The van der Waals surface area contributed by atoms with E-state index in [0.29, 0.717) is 12.2 Å². The summed E-state index contributed by atoms with van der Waals surface area (Å²) >= 11 is 0. The number of anilines is 2. The van der Waals surface area contributed by atoms with Gasteiger partial charge in [-0.1, -0.05) is 37.1 Å². The molecule has 0 saturated heterocycles. The average Bonchev–Trinajstić information content (AvgIpc) is 3.28. The van der Waals surface area contributed by atoms with Crippen LogP contribution >= 0.6 is 0 Å². The fourth-order valence-electron chi connectivity index (χ4n) is 3.57. The number of para-hydroxylation sites is 1. The number of amides is 2. The van der Waals surface area contributed by atoms with Gasteiger partial charge in [0.25, 0.3) is 0 Å². The lowest BCUT2D eigenvalue weighted by Gasteiger charge is -2.19. The van der Waals surface area contributed by atoms with E-state index >= 15 is 0 Å². The van der Waals surface area contributed by atoms with Crippen molar-refractivity contribution in [3.63, 3.8) is 0 Å². The smallest absolute Gasteiger partial charge is 0.321 e. The summed E-state index contributed by atoms with van der Waals surface area (Å²) in [5.74, 6) is 0. The minimum atomic E-state index is -3.33. The molecule has 1 fully saturated rings. The van der Waals surface area contributed by atoms with Gasteiger partial charge in [0.1, 0.15) is 0 Å². The largest absolute Gasteiger partial charge is 0.385 e. The van der Waals surface area contributed by atoms with Gasteiger partial charge < -0.3 is 15.5 Å². The first-order valence-corrected chi connectivity index (χ1v) is 11.7. The van der Waals surface area contributed by atoms with Gasteiger partial charge in [-0.25, -0.2) is 13.2 Å². The third-order valence-electron chi connectivity index (χ3n) is 5.27. The molecule has 1 aliphatic carbocycles. The quantitative estimate of drug-likeness (QED) is 0.628. The number of sulfone groups is 1. The molecule has 0 radical (unpaired) electrons. The molecule has 2 aromatic carbocycles. The molecule has 29 heavy (non-hydrogen) atoms. The highest BCUT2D eigenvalue weighted by Gasteiger charge is 2.30. The maximum Gasteiger partial charge on any atom is 0.321 e. The summed E-state index contributed by atoms with van der Waals surface area (Å²) < 4.78 is 25.5. The van der Waals surface area contributed by atoms with Crippen LogP contribution in [0.1, 0.15) is 32.1 Å². The highest BCUT2D eigenvalue weighted by molar-refractivity contribution is 7.92. The van der Waals surface area contributed by atoms with Gasteiger partial charge in [-0.05, 0) is 49.6 Å². The number of carbonyl (C=O) groups excluding carboxylic acids is 1. The molecule has 2 amide bonds. The van der Waals surface area contributed by atoms with Gasteiger partial charge in [-0.15, -0.1) is 0 Å². The van der Waals surface area contributed by atoms with Crippen molar-refractivity contribution >= 4 is 27.2 Å².